The standard InChI is InChI=1S/C20H18S4/c1-11-5-7-17(21-11)15-9-13(3)23-19(15)20-16(10-14(4)24-20)18-8-6-12(2)22-18/h5-10H,1-4H3. The lowest BCUT2D eigenvalue weighted by atomic mass is 10.1. The highest BCUT2D eigenvalue weighted by Crippen LogP contribution is 2.49. The summed E-state index contributed by atoms with van der Waals surface area (Å²) in [5, 5.41) is 0. The van der Waals surface area contributed by atoms with Crippen LogP contribution in [0.2, 0.25) is 0 Å². The Morgan fingerprint density at radius 2 is 0.917 bits per heavy atom. The summed E-state index contributed by atoms with van der Waals surface area (Å²) in [5.41, 5.74) is 2.79. The first kappa shape index (κ1) is 16.3. The third-order valence-electron chi connectivity index (χ3n) is 3.93. The molecular formula is C20H18S4. The first-order valence-electron chi connectivity index (χ1n) is 7.86. The van der Waals surface area contributed by atoms with E-state index < -0.39 is 0 Å². The molecule has 4 heteroatoms. The maximum Gasteiger partial charge on any atom is 0.0538 e. The van der Waals surface area contributed by atoms with E-state index in [2.05, 4.69) is 64.1 Å². The lowest BCUT2D eigenvalue weighted by molar-refractivity contribution is 1.63. The van der Waals surface area contributed by atoms with E-state index in [1.165, 1.54) is 50.1 Å². The van der Waals surface area contributed by atoms with Gasteiger partial charge in [-0.05, 0) is 64.1 Å². The Bertz CT molecular complexity index is 924. The van der Waals surface area contributed by atoms with Gasteiger partial charge in [-0.15, -0.1) is 45.3 Å². The summed E-state index contributed by atoms with van der Waals surface area (Å²) >= 11 is 7.62. The molecule has 0 unspecified atom stereocenters. The zero-order chi connectivity index (χ0) is 16.8. The summed E-state index contributed by atoms with van der Waals surface area (Å²) in [6.45, 7) is 8.80. The highest BCUT2D eigenvalue weighted by molar-refractivity contribution is 7.24. The molecule has 0 saturated carbocycles. The number of rotatable bonds is 3. The van der Waals surface area contributed by atoms with Crippen molar-refractivity contribution in [2.75, 3.05) is 0 Å². The average molecular weight is 387 g/mol. The highest BCUT2D eigenvalue weighted by Gasteiger charge is 2.19. The Balaban J connectivity index is 1.92. The zero-order valence-electron chi connectivity index (χ0n) is 14.1. The molecule has 0 aromatic carbocycles. The molecule has 4 heterocycles. The van der Waals surface area contributed by atoms with Crippen LogP contribution in [0.15, 0.2) is 36.4 Å². The summed E-state index contributed by atoms with van der Waals surface area (Å²) in [6.07, 6.45) is 0. The van der Waals surface area contributed by atoms with Crippen LogP contribution < -0.4 is 0 Å². The number of hydrogen-bond acceptors (Lipinski definition) is 4. The Hall–Kier alpha value is -1.20. The highest BCUT2D eigenvalue weighted by atomic mass is 32.1. The van der Waals surface area contributed by atoms with E-state index >= 15 is 0 Å². The van der Waals surface area contributed by atoms with Crippen LogP contribution in [0.3, 0.4) is 0 Å². The molecule has 24 heavy (non-hydrogen) atoms. The van der Waals surface area contributed by atoms with Gasteiger partial charge in [0.2, 0.25) is 0 Å². The van der Waals surface area contributed by atoms with Crippen LogP contribution >= 0.6 is 45.3 Å². The largest absolute Gasteiger partial charge is 0.141 e. The van der Waals surface area contributed by atoms with Crippen molar-refractivity contribution in [3.63, 3.8) is 0 Å². The first-order valence-corrected chi connectivity index (χ1v) is 11.1. The van der Waals surface area contributed by atoms with Crippen molar-refractivity contribution < 1.29 is 0 Å². The fourth-order valence-electron chi connectivity index (χ4n) is 2.89. The Labute approximate surface area is 159 Å². The quantitative estimate of drug-likeness (QED) is 0.333. The molecule has 0 fully saturated rings. The molecular weight excluding hydrogens is 368 g/mol. The van der Waals surface area contributed by atoms with Crippen molar-refractivity contribution >= 4 is 45.3 Å². The van der Waals surface area contributed by atoms with Crippen molar-refractivity contribution in [1.29, 1.82) is 0 Å². The van der Waals surface area contributed by atoms with Gasteiger partial charge >= 0.3 is 0 Å². The molecule has 4 aromatic heterocycles. The van der Waals surface area contributed by atoms with Gasteiger partial charge in [-0.1, -0.05) is 0 Å². The normalized spacial score (nSPS) is 11.3. The maximum atomic E-state index is 2.35. The van der Waals surface area contributed by atoms with Gasteiger partial charge in [0.05, 0.1) is 9.75 Å². The van der Waals surface area contributed by atoms with Crippen LogP contribution in [-0.4, -0.2) is 0 Å². The van der Waals surface area contributed by atoms with Crippen molar-refractivity contribution in [3.8, 4) is 30.6 Å². The molecule has 0 spiro atoms. The fraction of sp³-hybridized carbons (Fsp3) is 0.200. The maximum absolute atomic E-state index is 2.35. The van der Waals surface area contributed by atoms with Gasteiger partial charge in [0.1, 0.15) is 0 Å². The fourth-order valence-corrected chi connectivity index (χ4v) is 7.01. The summed E-state index contributed by atoms with van der Waals surface area (Å²) in [7, 11) is 0. The molecule has 122 valence electrons. The second kappa shape index (κ2) is 6.26. The Kier molecular flexibility index (Phi) is 4.25. The number of hydrogen-bond donors (Lipinski definition) is 0. The minimum absolute atomic E-state index is 1.37. The summed E-state index contributed by atoms with van der Waals surface area (Å²) < 4.78 is 0. The lowest BCUT2D eigenvalue weighted by Crippen LogP contribution is -1.75. The zero-order valence-corrected chi connectivity index (χ0v) is 17.4. The predicted octanol–water partition coefficient (Wildman–Crippen LogP) is 8.17. The van der Waals surface area contributed by atoms with Crippen molar-refractivity contribution in [2.45, 2.75) is 27.7 Å². The van der Waals surface area contributed by atoms with E-state index in [9.17, 15) is 0 Å². The topological polar surface area (TPSA) is 0 Å². The van der Waals surface area contributed by atoms with Crippen molar-refractivity contribution in [3.05, 3.63) is 55.9 Å². The lowest BCUT2D eigenvalue weighted by Gasteiger charge is -2.03. The molecule has 0 nitrogen and oxygen atoms in total. The predicted molar refractivity (Wildman–Crippen MR) is 113 cm³/mol. The van der Waals surface area contributed by atoms with Crippen LogP contribution in [0.4, 0.5) is 0 Å². The molecule has 0 radical (unpaired) electrons. The molecule has 0 bridgehead atoms. The SMILES string of the molecule is Cc1ccc(-c2cc(C)sc2-c2sc(C)cc2-c2ccc(C)s2)s1. The minimum atomic E-state index is 1.37. The minimum Gasteiger partial charge on any atom is -0.141 e. The number of thiophene rings is 4. The van der Waals surface area contributed by atoms with Gasteiger partial charge in [0.15, 0.2) is 0 Å². The number of aryl methyl sites for hydroxylation is 4. The van der Waals surface area contributed by atoms with Gasteiger partial charge < -0.3 is 0 Å². The van der Waals surface area contributed by atoms with Crippen LogP contribution in [0.5, 0.6) is 0 Å². The average Bonchev–Trinajstić information content (AvgIpc) is 3.26. The van der Waals surface area contributed by atoms with E-state index in [1.54, 1.807) is 0 Å². The molecule has 0 aliphatic carbocycles. The van der Waals surface area contributed by atoms with Gasteiger partial charge in [-0.2, -0.15) is 0 Å². The molecule has 0 aliphatic rings. The van der Waals surface area contributed by atoms with Crippen molar-refractivity contribution in [2.24, 2.45) is 0 Å². The summed E-state index contributed by atoms with van der Waals surface area (Å²) in [6, 6.07) is 13.7. The monoisotopic (exact) mass is 386 g/mol. The molecule has 0 atom stereocenters. The van der Waals surface area contributed by atoms with Gasteiger partial charge in [0.25, 0.3) is 0 Å². The summed E-state index contributed by atoms with van der Waals surface area (Å²) in [4.78, 5) is 11.1. The van der Waals surface area contributed by atoms with Crippen LogP contribution in [0.1, 0.15) is 19.5 Å². The molecule has 0 amide bonds. The summed E-state index contributed by atoms with van der Waals surface area (Å²) in [5.74, 6) is 0. The van der Waals surface area contributed by atoms with Crippen LogP contribution in [-0.2, 0) is 0 Å². The molecule has 4 rings (SSSR count). The Morgan fingerprint density at radius 1 is 0.500 bits per heavy atom. The smallest absolute Gasteiger partial charge is 0.0538 e. The van der Waals surface area contributed by atoms with E-state index in [1.807, 2.05) is 45.3 Å². The van der Waals surface area contributed by atoms with Crippen LogP contribution in [0, 0.1) is 27.7 Å². The van der Waals surface area contributed by atoms with Crippen LogP contribution in [0.25, 0.3) is 30.6 Å². The van der Waals surface area contributed by atoms with E-state index in [-0.39, 0.29) is 0 Å². The molecule has 4 aromatic rings. The molecule has 0 N–H and O–H groups in total. The third-order valence-corrected chi connectivity index (χ3v) is 8.26. The van der Waals surface area contributed by atoms with Crippen molar-refractivity contribution in [1.82, 2.24) is 0 Å². The second-order valence-electron chi connectivity index (χ2n) is 6.02. The van der Waals surface area contributed by atoms with E-state index in [0.29, 0.717) is 0 Å². The third kappa shape index (κ3) is 2.93. The first-order chi connectivity index (χ1) is 11.5. The Morgan fingerprint density at radius 3 is 1.25 bits per heavy atom. The second-order valence-corrected chi connectivity index (χ2v) is 11.1. The van der Waals surface area contributed by atoms with Gasteiger partial charge in [-0.3, -0.25) is 0 Å². The van der Waals surface area contributed by atoms with Gasteiger partial charge in [0, 0.05) is 40.4 Å². The molecule has 0 saturated heterocycles. The van der Waals surface area contributed by atoms with E-state index in [0.717, 1.165) is 0 Å². The molecule has 0 aliphatic heterocycles. The van der Waals surface area contributed by atoms with Gasteiger partial charge in [-0.25, -0.2) is 0 Å². The van der Waals surface area contributed by atoms with E-state index in [4.69, 9.17) is 0 Å².